The van der Waals surface area contributed by atoms with Crippen molar-refractivity contribution >= 4 is 17.1 Å². The number of aliphatic hydroxyl groups is 1. The summed E-state index contributed by atoms with van der Waals surface area (Å²) in [4.78, 5) is 2.25. The van der Waals surface area contributed by atoms with Gasteiger partial charge in [-0.2, -0.15) is 0 Å². The maximum atomic E-state index is 9.91. The first-order valence-electron chi connectivity index (χ1n) is 9.24. The largest absolute Gasteiger partial charge is 0.392 e. The molecule has 0 fully saturated rings. The third kappa shape index (κ3) is 2.10. The Morgan fingerprint density at radius 1 is 1.20 bits per heavy atom. The van der Waals surface area contributed by atoms with Gasteiger partial charge in [0, 0.05) is 12.6 Å². The first kappa shape index (κ1) is 15.1. The van der Waals surface area contributed by atoms with Gasteiger partial charge in [-0.15, -0.1) is 0 Å². The fraction of sp³-hybridized carbons (Fsp3) is 0.429. The molecule has 4 nitrogen and oxygen atoms in total. The minimum Gasteiger partial charge on any atom is -0.392 e. The standard InChI is InChI=1S/C21H25N3O/c1-13-22-20-18(24(13)2)9-16(12-25)17-7-8-21(23-19(17)20)10-14-5-3-4-6-15(14)11-21/h3-6,9,13,22-23,25H,7-8,10-12H2,1-2H3. The first-order valence-corrected chi connectivity index (χ1v) is 9.24. The van der Waals surface area contributed by atoms with Crippen molar-refractivity contribution in [1.29, 1.82) is 0 Å². The van der Waals surface area contributed by atoms with Gasteiger partial charge in [-0.25, -0.2) is 0 Å². The molecule has 1 spiro atoms. The Kier molecular flexibility index (Phi) is 3.11. The van der Waals surface area contributed by atoms with Gasteiger partial charge >= 0.3 is 0 Å². The minimum absolute atomic E-state index is 0.104. The van der Waals surface area contributed by atoms with Crippen molar-refractivity contribution in [2.45, 2.75) is 50.9 Å². The molecular weight excluding hydrogens is 310 g/mol. The molecule has 4 heteroatoms. The van der Waals surface area contributed by atoms with E-state index in [1.165, 1.54) is 33.8 Å². The maximum Gasteiger partial charge on any atom is 0.0959 e. The monoisotopic (exact) mass is 335 g/mol. The van der Waals surface area contributed by atoms with E-state index in [2.05, 4.69) is 59.8 Å². The molecule has 3 N–H and O–H groups in total. The number of anilines is 3. The van der Waals surface area contributed by atoms with Crippen molar-refractivity contribution in [3.8, 4) is 0 Å². The van der Waals surface area contributed by atoms with E-state index < -0.39 is 0 Å². The van der Waals surface area contributed by atoms with E-state index in [4.69, 9.17) is 0 Å². The SMILES string of the molecule is CC1Nc2c(cc(CO)c3c2NC2(CC3)Cc3ccccc3C2)N1C. The summed E-state index contributed by atoms with van der Waals surface area (Å²) in [6.07, 6.45) is 4.59. The fourth-order valence-electron chi connectivity index (χ4n) is 4.92. The summed E-state index contributed by atoms with van der Waals surface area (Å²) in [6.45, 7) is 2.28. The predicted octanol–water partition coefficient (Wildman–Crippen LogP) is 3.28. The maximum absolute atomic E-state index is 9.91. The summed E-state index contributed by atoms with van der Waals surface area (Å²) in [5, 5.41) is 17.5. The molecule has 25 heavy (non-hydrogen) atoms. The number of aliphatic hydroxyl groups excluding tert-OH is 1. The second-order valence-electron chi connectivity index (χ2n) is 7.90. The van der Waals surface area contributed by atoms with Gasteiger partial charge in [0.2, 0.25) is 0 Å². The van der Waals surface area contributed by atoms with Gasteiger partial charge in [-0.05, 0) is 60.9 Å². The summed E-state index contributed by atoms with van der Waals surface area (Å²) in [6, 6.07) is 11.0. The van der Waals surface area contributed by atoms with Crippen LogP contribution in [0.2, 0.25) is 0 Å². The van der Waals surface area contributed by atoms with Crippen LogP contribution in [0, 0.1) is 0 Å². The quantitative estimate of drug-likeness (QED) is 0.748. The number of rotatable bonds is 1. The lowest BCUT2D eigenvalue weighted by Gasteiger charge is -2.39. The number of hydrogen-bond donors (Lipinski definition) is 3. The molecule has 0 amide bonds. The minimum atomic E-state index is 0.104. The normalized spacial score (nSPS) is 22.2. The summed E-state index contributed by atoms with van der Waals surface area (Å²) in [7, 11) is 2.11. The summed E-state index contributed by atoms with van der Waals surface area (Å²) in [5.41, 5.74) is 9.04. The van der Waals surface area contributed by atoms with Crippen molar-refractivity contribution in [2.24, 2.45) is 0 Å². The number of nitrogens with zero attached hydrogens (tertiary/aromatic N) is 1. The zero-order valence-electron chi connectivity index (χ0n) is 14.9. The Bertz CT molecular complexity index is 835. The highest BCUT2D eigenvalue weighted by molar-refractivity contribution is 5.91. The van der Waals surface area contributed by atoms with E-state index in [9.17, 15) is 5.11 Å². The van der Waals surface area contributed by atoms with Gasteiger partial charge in [0.25, 0.3) is 0 Å². The summed E-state index contributed by atoms with van der Waals surface area (Å²) in [5.74, 6) is 0. The summed E-state index contributed by atoms with van der Waals surface area (Å²) >= 11 is 0. The van der Waals surface area contributed by atoms with E-state index in [0.29, 0.717) is 0 Å². The third-order valence-corrected chi connectivity index (χ3v) is 6.41. The van der Waals surface area contributed by atoms with Gasteiger partial charge in [0.15, 0.2) is 0 Å². The Morgan fingerprint density at radius 3 is 2.60 bits per heavy atom. The van der Waals surface area contributed by atoms with Crippen molar-refractivity contribution < 1.29 is 5.11 Å². The molecule has 2 aliphatic heterocycles. The highest BCUT2D eigenvalue weighted by Gasteiger charge is 2.42. The smallest absolute Gasteiger partial charge is 0.0959 e. The molecule has 130 valence electrons. The molecular formula is C21H25N3O. The van der Waals surface area contributed by atoms with Crippen LogP contribution in [0.15, 0.2) is 30.3 Å². The Labute approximate surface area is 148 Å². The molecule has 5 rings (SSSR count). The molecule has 1 atom stereocenters. The Hall–Kier alpha value is -2.20. The lowest BCUT2D eigenvalue weighted by atomic mass is 9.82. The molecule has 2 aromatic rings. The van der Waals surface area contributed by atoms with Crippen LogP contribution in [0.1, 0.15) is 35.6 Å². The third-order valence-electron chi connectivity index (χ3n) is 6.41. The molecule has 2 aromatic carbocycles. The molecule has 3 aliphatic rings. The molecule has 1 aliphatic carbocycles. The predicted molar refractivity (Wildman–Crippen MR) is 102 cm³/mol. The van der Waals surface area contributed by atoms with E-state index in [0.717, 1.165) is 31.2 Å². The average Bonchev–Trinajstić information content (AvgIpc) is 3.12. The Balaban J connectivity index is 1.59. The molecule has 0 bridgehead atoms. The van der Waals surface area contributed by atoms with Crippen molar-refractivity contribution in [1.82, 2.24) is 0 Å². The van der Waals surface area contributed by atoms with Crippen molar-refractivity contribution in [3.63, 3.8) is 0 Å². The van der Waals surface area contributed by atoms with Crippen LogP contribution in [-0.4, -0.2) is 23.9 Å². The Morgan fingerprint density at radius 2 is 1.92 bits per heavy atom. The van der Waals surface area contributed by atoms with Crippen LogP contribution < -0.4 is 15.5 Å². The number of benzene rings is 2. The lowest BCUT2D eigenvalue weighted by molar-refractivity contribution is 0.280. The van der Waals surface area contributed by atoms with Crippen LogP contribution in [0.4, 0.5) is 17.1 Å². The topological polar surface area (TPSA) is 47.5 Å². The lowest BCUT2D eigenvalue weighted by Crippen LogP contribution is -2.43. The van der Waals surface area contributed by atoms with E-state index in [1.54, 1.807) is 0 Å². The van der Waals surface area contributed by atoms with E-state index in [1.807, 2.05) is 0 Å². The number of nitrogens with one attached hydrogen (secondary N) is 2. The highest BCUT2D eigenvalue weighted by Crippen LogP contribution is 2.49. The highest BCUT2D eigenvalue weighted by atomic mass is 16.3. The van der Waals surface area contributed by atoms with E-state index in [-0.39, 0.29) is 18.3 Å². The van der Waals surface area contributed by atoms with Crippen LogP contribution in [0.3, 0.4) is 0 Å². The van der Waals surface area contributed by atoms with Crippen molar-refractivity contribution in [3.05, 3.63) is 52.6 Å². The van der Waals surface area contributed by atoms with Gasteiger partial charge < -0.3 is 20.6 Å². The second kappa shape index (κ2) is 5.15. The zero-order chi connectivity index (χ0) is 17.2. The molecule has 0 saturated heterocycles. The van der Waals surface area contributed by atoms with Crippen LogP contribution in [-0.2, 0) is 25.9 Å². The van der Waals surface area contributed by atoms with Gasteiger partial charge in [-0.3, -0.25) is 0 Å². The van der Waals surface area contributed by atoms with E-state index >= 15 is 0 Å². The fourth-order valence-corrected chi connectivity index (χ4v) is 4.92. The summed E-state index contributed by atoms with van der Waals surface area (Å²) < 4.78 is 0. The molecule has 2 heterocycles. The van der Waals surface area contributed by atoms with Gasteiger partial charge in [-0.1, -0.05) is 24.3 Å². The van der Waals surface area contributed by atoms with Gasteiger partial charge in [0.1, 0.15) is 0 Å². The molecule has 0 saturated carbocycles. The first-order chi connectivity index (χ1) is 12.1. The molecule has 1 unspecified atom stereocenters. The van der Waals surface area contributed by atoms with Gasteiger partial charge in [0.05, 0.1) is 29.8 Å². The zero-order valence-corrected chi connectivity index (χ0v) is 14.9. The van der Waals surface area contributed by atoms with Crippen molar-refractivity contribution in [2.75, 3.05) is 22.6 Å². The number of hydrogen-bond acceptors (Lipinski definition) is 4. The average molecular weight is 335 g/mol. The van der Waals surface area contributed by atoms with Crippen LogP contribution in [0.25, 0.3) is 0 Å². The molecule has 0 radical (unpaired) electrons. The van der Waals surface area contributed by atoms with Crippen LogP contribution >= 0.6 is 0 Å². The number of fused-ring (bicyclic) bond motifs is 4. The second-order valence-corrected chi connectivity index (χ2v) is 7.90. The molecule has 0 aromatic heterocycles. The van der Waals surface area contributed by atoms with Crippen LogP contribution in [0.5, 0.6) is 0 Å².